The quantitative estimate of drug-likeness (QED) is 0.412. The van der Waals surface area contributed by atoms with Crippen molar-refractivity contribution in [2.75, 3.05) is 0 Å². The van der Waals surface area contributed by atoms with Crippen LogP contribution in [0.5, 0.6) is 0 Å². The van der Waals surface area contributed by atoms with Crippen LogP contribution in [-0.4, -0.2) is 16.0 Å². The van der Waals surface area contributed by atoms with Crippen LogP contribution in [-0.2, 0) is 18.7 Å². The van der Waals surface area contributed by atoms with Gasteiger partial charge in [0.1, 0.15) is 17.1 Å². The number of hydrogen-bond acceptors (Lipinski definition) is 4. The third kappa shape index (κ3) is 6.20. The van der Waals surface area contributed by atoms with Gasteiger partial charge < -0.3 is 9.52 Å². The third-order valence-corrected chi connectivity index (χ3v) is 6.02. The van der Waals surface area contributed by atoms with Gasteiger partial charge >= 0.3 is 0 Å². The Kier molecular flexibility index (Phi) is 8.55. The van der Waals surface area contributed by atoms with Crippen LogP contribution in [0.4, 0.5) is 0 Å². The number of nitrogens with zero attached hydrogens (tertiary/aromatic N) is 1. The van der Waals surface area contributed by atoms with E-state index >= 15 is 0 Å². The van der Waals surface area contributed by atoms with E-state index in [4.69, 9.17) is 4.42 Å². The molecule has 0 bridgehead atoms. The van der Waals surface area contributed by atoms with Crippen molar-refractivity contribution in [2.45, 2.75) is 70.7 Å². The lowest BCUT2D eigenvalue weighted by molar-refractivity contribution is -0.00238. The molecule has 2 aromatic heterocycles. The number of hydrogen-bond donors (Lipinski definition) is 1. The van der Waals surface area contributed by atoms with Crippen molar-refractivity contribution in [3.63, 3.8) is 0 Å². The molecule has 3 nitrogen and oxygen atoms in total. The van der Waals surface area contributed by atoms with E-state index < -0.39 is 5.60 Å². The maximum atomic E-state index is 11.2. The van der Waals surface area contributed by atoms with Crippen LogP contribution in [0.15, 0.2) is 59.4 Å². The molecule has 0 spiro atoms. The van der Waals surface area contributed by atoms with Crippen LogP contribution in [0.2, 0.25) is 0 Å². The van der Waals surface area contributed by atoms with Crippen LogP contribution < -0.4 is 0 Å². The molecule has 27 heavy (non-hydrogen) atoms. The lowest BCUT2D eigenvalue weighted by Gasteiger charge is -2.27. The minimum atomic E-state index is -0.963. The highest BCUT2D eigenvalue weighted by Gasteiger charge is 2.31. The highest BCUT2D eigenvalue weighted by molar-refractivity contribution is 7.09. The van der Waals surface area contributed by atoms with Crippen molar-refractivity contribution in [1.29, 1.82) is 0 Å². The van der Waals surface area contributed by atoms with E-state index in [1.165, 1.54) is 4.88 Å². The molecule has 0 saturated heterocycles. The Morgan fingerprint density at radius 1 is 1.19 bits per heavy atom. The van der Waals surface area contributed by atoms with Gasteiger partial charge in [-0.25, -0.2) is 0 Å². The summed E-state index contributed by atoms with van der Waals surface area (Å²) in [6.45, 7) is 13.7. The molecule has 1 atom stereocenters. The minimum Gasteiger partial charge on any atom is -0.462 e. The monoisotopic (exact) mass is 387 g/mol. The highest BCUT2D eigenvalue weighted by atomic mass is 32.1. The Hall–Kier alpha value is -1.62. The average molecular weight is 388 g/mol. The first kappa shape index (κ1) is 21.7. The van der Waals surface area contributed by atoms with Crippen molar-refractivity contribution in [3.8, 4) is 0 Å². The molecule has 0 aliphatic carbocycles. The van der Waals surface area contributed by atoms with Gasteiger partial charge in [0, 0.05) is 17.5 Å². The van der Waals surface area contributed by atoms with Gasteiger partial charge in [-0.05, 0) is 62.6 Å². The van der Waals surface area contributed by atoms with Gasteiger partial charge in [0.05, 0.1) is 6.54 Å². The standard InChI is InChI=1S/C23H33NO2S/c1-5-8-14-23(25,15-9-6-2)22-13-12-20(26-22)17-24(19(4)7-3)18-21-11-10-16-27-21/h5-6,10-13,16,19,25H,1-2,7-9,14-15,17-18H2,3-4H3/t19-/m1/s1. The van der Waals surface area contributed by atoms with Crippen LogP contribution >= 0.6 is 11.3 Å². The molecule has 0 saturated carbocycles. The molecule has 2 rings (SSSR count). The second-order valence-corrected chi connectivity index (χ2v) is 8.23. The van der Waals surface area contributed by atoms with Gasteiger partial charge in [0.25, 0.3) is 0 Å². The Bertz CT molecular complexity index is 677. The predicted octanol–water partition coefficient (Wildman–Crippen LogP) is 6.26. The molecule has 0 fully saturated rings. The van der Waals surface area contributed by atoms with Crippen molar-refractivity contribution in [1.82, 2.24) is 4.90 Å². The number of furan rings is 1. The zero-order valence-corrected chi connectivity index (χ0v) is 17.5. The van der Waals surface area contributed by atoms with E-state index in [0.717, 1.165) is 38.1 Å². The molecule has 0 unspecified atom stereocenters. The third-order valence-electron chi connectivity index (χ3n) is 5.16. The summed E-state index contributed by atoms with van der Waals surface area (Å²) in [6, 6.07) is 8.67. The number of allylic oxidation sites excluding steroid dienone is 2. The molecule has 2 heterocycles. The second kappa shape index (κ2) is 10.6. The molecule has 0 aliphatic rings. The van der Waals surface area contributed by atoms with Gasteiger partial charge in [-0.2, -0.15) is 0 Å². The molecular formula is C23H33NO2S. The fraction of sp³-hybridized carbons (Fsp3) is 0.478. The lowest BCUT2D eigenvalue weighted by atomic mass is 9.89. The molecule has 2 aromatic rings. The Balaban J connectivity index is 2.14. The van der Waals surface area contributed by atoms with E-state index in [-0.39, 0.29) is 0 Å². The maximum Gasteiger partial charge on any atom is 0.135 e. The lowest BCUT2D eigenvalue weighted by Crippen LogP contribution is -2.31. The highest BCUT2D eigenvalue weighted by Crippen LogP contribution is 2.33. The van der Waals surface area contributed by atoms with E-state index in [0.29, 0.717) is 24.6 Å². The molecular weight excluding hydrogens is 354 g/mol. The first-order valence-electron chi connectivity index (χ1n) is 9.82. The Labute approximate surface area is 168 Å². The van der Waals surface area contributed by atoms with Gasteiger partial charge in [-0.15, -0.1) is 24.5 Å². The summed E-state index contributed by atoms with van der Waals surface area (Å²) >= 11 is 1.79. The zero-order valence-electron chi connectivity index (χ0n) is 16.7. The van der Waals surface area contributed by atoms with Crippen LogP contribution in [0.3, 0.4) is 0 Å². The van der Waals surface area contributed by atoms with Crippen LogP contribution in [0.25, 0.3) is 0 Å². The summed E-state index contributed by atoms with van der Waals surface area (Å²) < 4.78 is 6.13. The van der Waals surface area contributed by atoms with E-state index in [9.17, 15) is 5.11 Å². The molecule has 0 amide bonds. The average Bonchev–Trinajstić information content (AvgIpc) is 3.36. The molecule has 148 valence electrons. The fourth-order valence-corrected chi connectivity index (χ4v) is 3.92. The molecule has 0 radical (unpaired) electrons. The summed E-state index contributed by atoms with van der Waals surface area (Å²) in [5, 5.41) is 13.3. The SMILES string of the molecule is C=CCCC(O)(CCC=C)c1ccc(CN(Cc2cccs2)[C@H](C)CC)o1. The Morgan fingerprint density at radius 2 is 1.89 bits per heavy atom. The molecule has 1 N–H and O–H groups in total. The van der Waals surface area contributed by atoms with Crippen molar-refractivity contribution in [2.24, 2.45) is 0 Å². The summed E-state index contributed by atoms with van der Waals surface area (Å²) in [5.74, 6) is 1.55. The van der Waals surface area contributed by atoms with Crippen LogP contribution in [0, 0.1) is 0 Å². The summed E-state index contributed by atoms with van der Waals surface area (Å²) in [4.78, 5) is 3.79. The molecule has 4 heteroatoms. The van der Waals surface area contributed by atoms with Crippen molar-refractivity contribution in [3.05, 3.63) is 71.4 Å². The largest absolute Gasteiger partial charge is 0.462 e. The van der Waals surface area contributed by atoms with Gasteiger partial charge in [-0.3, -0.25) is 4.90 Å². The molecule has 0 aliphatic heterocycles. The van der Waals surface area contributed by atoms with E-state index in [1.807, 2.05) is 24.3 Å². The van der Waals surface area contributed by atoms with E-state index in [1.54, 1.807) is 11.3 Å². The number of thiophene rings is 1. The van der Waals surface area contributed by atoms with Gasteiger partial charge in [0.2, 0.25) is 0 Å². The van der Waals surface area contributed by atoms with Crippen molar-refractivity contribution >= 4 is 11.3 Å². The first-order valence-corrected chi connectivity index (χ1v) is 10.7. The Morgan fingerprint density at radius 3 is 2.44 bits per heavy atom. The maximum absolute atomic E-state index is 11.2. The fourth-order valence-electron chi connectivity index (χ4n) is 3.19. The number of rotatable bonds is 13. The topological polar surface area (TPSA) is 36.6 Å². The molecule has 0 aromatic carbocycles. The predicted molar refractivity (Wildman–Crippen MR) is 115 cm³/mol. The normalized spacial score (nSPS) is 13.0. The zero-order chi connectivity index (χ0) is 19.7. The van der Waals surface area contributed by atoms with Crippen LogP contribution in [0.1, 0.15) is 62.3 Å². The summed E-state index contributed by atoms with van der Waals surface area (Å²) in [6.07, 6.45) is 7.50. The second-order valence-electron chi connectivity index (χ2n) is 7.19. The summed E-state index contributed by atoms with van der Waals surface area (Å²) in [7, 11) is 0. The number of aliphatic hydroxyl groups is 1. The van der Waals surface area contributed by atoms with E-state index in [2.05, 4.69) is 49.4 Å². The first-order chi connectivity index (χ1) is 13.0. The van der Waals surface area contributed by atoms with Gasteiger partial charge in [0.15, 0.2) is 0 Å². The minimum absolute atomic E-state index is 0.459. The smallest absolute Gasteiger partial charge is 0.135 e. The summed E-state index contributed by atoms with van der Waals surface area (Å²) in [5.41, 5.74) is -0.963. The van der Waals surface area contributed by atoms with Crippen molar-refractivity contribution < 1.29 is 9.52 Å². The van der Waals surface area contributed by atoms with Gasteiger partial charge in [-0.1, -0.05) is 25.1 Å².